The summed E-state index contributed by atoms with van der Waals surface area (Å²) in [6, 6.07) is 9.41. The topological polar surface area (TPSA) is 104 Å². The number of hydrogen-bond donors (Lipinski definition) is 3. The van der Waals surface area contributed by atoms with E-state index >= 15 is 0 Å². The van der Waals surface area contributed by atoms with Crippen molar-refractivity contribution in [3.05, 3.63) is 75.2 Å². The van der Waals surface area contributed by atoms with E-state index in [1.165, 1.54) is 6.21 Å². The van der Waals surface area contributed by atoms with Crippen molar-refractivity contribution in [3.63, 3.8) is 0 Å². The summed E-state index contributed by atoms with van der Waals surface area (Å²) in [5, 5.41) is 17.9. The molecule has 0 bridgehead atoms. The Morgan fingerprint density at radius 1 is 1.38 bits per heavy atom. The third-order valence-electron chi connectivity index (χ3n) is 5.43. The maximum Gasteiger partial charge on any atom is 0.245 e. The average Bonchev–Trinajstić information content (AvgIpc) is 2.89. The van der Waals surface area contributed by atoms with Crippen LogP contribution in [0.4, 0.5) is 21.8 Å². The summed E-state index contributed by atoms with van der Waals surface area (Å²) in [7, 11) is 0. The molecule has 1 aliphatic rings. The molecule has 1 fully saturated rings. The molecule has 37 heavy (non-hydrogen) atoms. The van der Waals surface area contributed by atoms with Crippen LogP contribution in [0.15, 0.2) is 58.4 Å². The molecule has 0 aliphatic carbocycles. The number of hydrazone groups is 1. The molecule has 9 nitrogen and oxygen atoms in total. The molecule has 2 heterocycles. The van der Waals surface area contributed by atoms with Gasteiger partial charge in [0.05, 0.1) is 30.1 Å². The van der Waals surface area contributed by atoms with E-state index in [0.717, 1.165) is 17.4 Å². The van der Waals surface area contributed by atoms with E-state index < -0.39 is 5.82 Å². The molecule has 3 aromatic rings. The number of aromatic hydroxyl groups is 1. The van der Waals surface area contributed by atoms with E-state index in [9.17, 15) is 9.50 Å². The fraction of sp³-hybridized carbons (Fsp3) is 0.240. The number of nitrogens with zero attached hydrogens (tertiary/aromatic N) is 4. The summed E-state index contributed by atoms with van der Waals surface area (Å²) in [6.07, 6.45) is 2.42. The third kappa shape index (κ3) is 6.68. The van der Waals surface area contributed by atoms with Crippen LogP contribution < -0.4 is 20.4 Å². The minimum atomic E-state index is -0.530. The predicted molar refractivity (Wildman–Crippen MR) is 146 cm³/mol. The van der Waals surface area contributed by atoms with Crippen molar-refractivity contribution in [3.8, 4) is 11.5 Å². The highest BCUT2D eigenvalue weighted by Crippen LogP contribution is 2.41. The number of aryl methyl sites for hydroxylation is 1. The summed E-state index contributed by atoms with van der Waals surface area (Å²) in [6.45, 7) is 8.14. The van der Waals surface area contributed by atoms with Crippen molar-refractivity contribution in [2.75, 3.05) is 48.6 Å². The summed E-state index contributed by atoms with van der Waals surface area (Å²) in [5.74, 6) is -0.226. The molecule has 1 saturated heterocycles. The van der Waals surface area contributed by atoms with Gasteiger partial charge in [0.1, 0.15) is 17.4 Å². The van der Waals surface area contributed by atoms with Gasteiger partial charge in [-0.3, -0.25) is 0 Å². The SMILES string of the molecule is C=C(COc1c(Br)cc(/C=N\Nc2ncc(F)c(N3CCOCC3)n2)c(O)c1Cl)Nc1ccccc1C. The monoisotopic (exact) mass is 590 g/mol. The van der Waals surface area contributed by atoms with Crippen LogP contribution in [-0.4, -0.2) is 54.2 Å². The normalized spacial score (nSPS) is 13.6. The smallest absolute Gasteiger partial charge is 0.245 e. The number of phenolic OH excluding ortho intramolecular Hbond substituents is 1. The number of aromatic nitrogens is 2. The van der Waals surface area contributed by atoms with Crippen molar-refractivity contribution in [1.29, 1.82) is 0 Å². The average molecular weight is 592 g/mol. The third-order valence-corrected chi connectivity index (χ3v) is 6.37. The Morgan fingerprint density at radius 3 is 2.89 bits per heavy atom. The lowest BCUT2D eigenvalue weighted by molar-refractivity contribution is 0.122. The van der Waals surface area contributed by atoms with Gasteiger partial charge in [-0.15, -0.1) is 0 Å². The first-order chi connectivity index (χ1) is 17.8. The number of ether oxygens (including phenoxy) is 2. The Labute approximate surface area is 227 Å². The molecule has 4 rings (SSSR count). The summed E-state index contributed by atoms with van der Waals surface area (Å²) < 4.78 is 25.8. The van der Waals surface area contributed by atoms with E-state index in [1.54, 1.807) is 11.0 Å². The van der Waals surface area contributed by atoms with Gasteiger partial charge in [-0.25, -0.2) is 14.8 Å². The maximum atomic E-state index is 14.2. The molecule has 194 valence electrons. The van der Waals surface area contributed by atoms with Crippen LogP contribution in [-0.2, 0) is 4.74 Å². The molecule has 0 amide bonds. The van der Waals surface area contributed by atoms with Gasteiger partial charge in [0.15, 0.2) is 17.4 Å². The minimum Gasteiger partial charge on any atom is -0.506 e. The largest absolute Gasteiger partial charge is 0.506 e. The summed E-state index contributed by atoms with van der Waals surface area (Å²) in [5.41, 5.74) is 5.57. The number of nitrogens with one attached hydrogen (secondary N) is 2. The van der Waals surface area contributed by atoms with Crippen molar-refractivity contribution < 1.29 is 19.0 Å². The van der Waals surface area contributed by atoms with Gasteiger partial charge in [-0.05, 0) is 40.5 Å². The van der Waals surface area contributed by atoms with E-state index in [2.05, 4.69) is 48.3 Å². The molecule has 1 aromatic heterocycles. The standard InChI is InChI=1S/C25H25BrClFN6O3/c1-15-5-3-4-6-20(15)31-16(2)14-37-23-18(26)11-17(22(35)21(23)27)12-30-33-25-29-13-19(28)24(32-25)34-7-9-36-10-8-34/h3-6,11-13,31,35H,2,7-10,14H2,1H3,(H,29,32,33)/b30-12-. The lowest BCUT2D eigenvalue weighted by Crippen LogP contribution is -2.37. The van der Waals surface area contributed by atoms with Crippen LogP contribution in [0, 0.1) is 12.7 Å². The van der Waals surface area contributed by atoms with E-state index in [4.69, 9.17) is 21.1 Å². The zero-order chi connectivity index (χ0) is 26.4. The van der Waals surface area contributed by atoms with Crippen LogP contribution >= 0.6 is 27.5 Å². The second kappa shape index (κ2) is 12.2. The number of anilines is 3. The predicted octanol–water partition coefficient (Wildman–Crippen LogP) is 5.33. The molecule has 0 radical (unpaired) electrons. The van der Waals surface area contributed by atoms with E-state index in [0.29, 0.717) is 42.0 Å². The number of phenols is 1. The Bertz CT molecular complexity index is 1320. The van der Waals surface area contributed by atoms with Gasteiger partial charge in [0.2, 0.25) is 5.95 Å². The molecule has 0 saturated carbocycles. The molecule has 0 spiro atoms. The Balaban J connectivity index is 1.41. The van der Waals surface area contributed by atoms with Gasteiger partial charge >= 0.3 is 0 Å². The van der Waals surface area contributed by atoms with Crippen LogP contribution in [0.1, 0.15) is 11.1 Å². The Kier molecular flexibility index (Phi) is 8.80. The molecule has 0 atom stereocenters. The lowest BCUT2D eigenvalue weighted by Gasteiger charge is -2.27. The van der Waals surface area contributed by atoms with Crippen LogP contribution in [0.2, 0.25) is 5.02 Å². The van der Waals surface area contributed by atoms with Crippen LogP contribution in [0.25, 0.3) is 0 Å². The molecule has 1 aliphatic heterocycles. The first-order valence-electron chi connectivity index (χ1n) is 11.3. The van der Waals surface area contributed by atoms with Gasteiger partial charge in [-0.2, -0.15) is 10.1 Å². The molecular weight excluding hydrogens is 567 g/mol. The first-order valence-corrected chi connectivity index (χ1v) is 12.5. The fourth-order valence-electron chi connectivity index (χ4n) is 3.51. The lowest BCUT2D eigenvalue weighted by atomic mass is 10.2. The van der Waals surface area contributed by atoms with Crippen molar-refractivity contribution >= 4 is 51.2 Å². The molecule has 3 N–H and O–H groups in total. The summed E-state index contributed by atoms with van der Waals surface area (Å²) in [4.78, 5) is 9.89. The number of hydrogen-bond acceptors (Lipinski definition) is 9. The highest BCUT2D eigenvalue weighted by atomic mass is 79.9. The van der Waals surface area contributed by atoms with Crippen molar-refractivity contribution in [2.24, 2.45) is 5.10 Å². The van der Waals surface area contributed by atoms with E-state index in [1.807, 2.05) is 31.2 Å². The zero-order valence-electron chi connectivity index (χ0n) is 20.0. The number of para-hydroxylation sites is 1. The van der Waals surface area contributed by atoms with Gasteiger partial charge in [0, 0.05) is 30.0 Å². The van der Waals surface area contributed by atoms with E-state index in [-0.39, 0.29) is 34.9 Å². The molecule has 2 aromatic carbocycles. The second-order valence-electron chi connectivity index (χ2n) is 8.11. The highest BCUT2D eigenvalue weighted by Gasteiger charge is 2.18. The molecular formula is C25H25BrClFN6O3. The number of benzene rings is 2. The number of halogens is 3. The molecule has 12 heteroatoms. The molecule has 0 unspecified atom stereocenters. The minimum absolute atomic E-state index is 0.00662. The quantitative estimate of drug-likeness (QED) is 0.227. The fourth-order valence-corrected chi connectivity index (χ4v) is 4.45. The van der Waals surface area contributed by atoms with Gasteiger partial charge in [0.25, 0.3) is 0 Å². The number of rotatable bonds is 9. The van der Waals surface area contributed by atoms with Gasteiger partial charge < -0.3 is 24.8 Å². The van der Waals surface area contributed by atoms with Crippen LogP contribution in [0.5, 0.6) is 11.5 Å². The van der Waals surface area contributed by atoms with Crippen molar-refractivity contribution in [1.82, 2.24) is 9.97 Å². The Hall–Kier alpha value is -3.41. The van der Waals surface area contributed by atoms with Crippen LogP contribution in [0.3, 0.4) is 0 Å². The van der Waals surface area contributed by atoms with Crippen molar-refractivity contribution in [2.45, 2.75) is 6.92 Å². The number of morpholine rings is 1. The van der Waals surface area contributed by atoms with Gasteiger partial charge in [-0.1, -0.05) is 36.4 Å². The second-order valence-corrected chi connectivity index (χ2v) is 9.34. The first kappa shape index (κ1) is 26.6. The zero-order valence-corrected chi connectivity index (χ0v) is 22.3. The summed E-state index contributed by atoms with van der Waals surface area (Å²) >= 11 is 9.80. The Morgan fingerprint density at radius 2 is 2.14 bits per heavy atom. The highest BCUT2D eigenvalue weighted by molar-refractivity contribution is 9.10. The maximum absolute atomic E-state index is 14.2.